The van der Waals surface area contributed by atoms with E-state index in [9.17, 15) is 4.79 Å². The van der Waals surface area contributed by atoms with Crippen molar-refractivity contribution in [2.75, 3.05) is 5.32 Å². The standard InChI is InChI=1S/C28H19BrCl2N2O3/c1-2-16-13-22(29)27-24(14-16)33-28(36-27)17-3-6-19(7-4-17)32-26(34)12-9-20-8-11-25(35-20)21-10-5-18(30)15-23(21)31/h3-15H,2H2,1H3,(H,32,34)/b12-9+. The summed E-state index contributed by atoms with van der Waals surface area (Å²) in [6.45, 7) is 2.10. The molecule has 5 aromatic rings. The number of oxazole rings is 1. The van der Waals surface area contributed by atoms with Crippen LogP contribution < -0.4 is 5.32 Å². The highest BCUT2D eigenvalue weighted by Gasteiger charge is 2.13. The molecule has 5 nitrogen and oxygen atoms in total. The molecule has 1 N–H and O–H groups in total. The summed E-state index contributed by atoms with van der Waals surface area (Å²) >= 11 is 15.8. The SMILES string of the molecule is CCc1cc(Br)c2oc(-c3ccc(NC(=O)/C=C/c4ccc(-c5ccc(Cl)cc5Cl)o4)cc3)nc2c1. The van der Waals surface area contributed by atoms with Crippen molar-refractivity contribution in [2.24, 2.45) is 0 Å². The summed E-state index contributed by atoms with van der Waals surface area (Å²) in [5.74, 6) is 1.34. The first-order valence-corrected chi connectivity index (χ1v) is 12.7. The van der Waals surface area contributed by atoms with Crippen LogP contribution in [0.2, 0.25) is 10.0 Å². The first-order valence-electron chi connectivity index (χ1n) is 11.1. The molecular weight excluding hydrogens is 563 g/mol. The van der Waals surface area contributed by atoms with Gasteiger partial charge in [-0.1, -0.05) is 30.1 Å². The smallest absolute Gasteiger partial charge is 0.248 e. The average molecular weight is 582 g/mol. The number of fused-ring (bicyclic) bond motifs is 1. The Balaban J connectivity index is 1.25. The second kappa shape index (κ2) is 10.3. The van der Waals surface area contributed by atoms with Gasteiger partial charge < -0.3 is 14.2 Å². The van der Waals surface area contributed by atoms with Gasteiger partial charge in [-0.15, -0.1) is 0 Å². The molecule has 0 saturated carbocycles. The fraction of sp³-hybridized carbons (Fsp3) is 0.0714. The van der Waals surface area contributed by atoms with Gasteiger partial charge in [-0.3, -0.25) is 4.79 Å². The second-order valence-corrected chi connectivity index (χ2v) is 9.72. The van der Waals surface area contributed by atoms with E-state index < -0.39 is 0 Å². The van der Waals surface area contributed by atoms with Gasteiger partial charge in [0.25, 0.3) is 0 Å². The zero-order valence-electron chi connectivity index (χ0n) is 19.0. The molecule has 0 aliphatic rings. The summed E-state index contributed by atoms with van der Waals surface area (Å²) in [6, 6.07) is 20.1. The average Bonchev–Trinajstić information content (AvgIpc) is 3.51. The molecule has 0 unspecified atom stereocenters. The number of aromatic nitrogens is 1. The van der Waals surface area contributed by atoms with Gasteiger partial charge in [0, 0.05) is 27.9 Å². The molecule has 0 bridgehead atoms. The van der Waals surface area contributed by atoms with Crippen LogP contribution >= 0.6 is 39.1 Å². The molecular formula is C28H19BrCl2N2O3. The Morgan fingerprint density at radius 1 is 1.03 bits per heavy atom. The number of halogens is 3. The maximum atomic E-state index is 12.4. The summed E-state index contributed by atoms with van der Waals surface area (Å²) in [5, 5.41) is 3.87. The van der Waals surface area contributed by atoms with Crippen molar-refractivity contribution in [1.29, 1.82) is 0 Å². The maximum absolute atomic E-state index is 12.4. The zero-order valence-corrected chi connectivity index (χ0v) is 22.1. The highest BCUT2D eigenvalue weighted by Crippen LogP contribution is 2.33. The minimum atomic E-state index is -0.289. The lowest BCUT2D eigenvalue weighted by atomic mass is 10.1. The maximum Gasteiger partial charge on any atom is 0.248 e. The van der Waals surface area contributed by atoms with Crippen molar-refractivity contribution < 1.29 is 13.6 Å². The molecule has 36 heavy (non-hydrogen) atoms. The van der Waals surface area contributed by atoms with E-state index in [1.165, 1.54) is 11.6 Å². The molecule has 0 spiro atoms. The van der Waals surface area contributed by atoms with Crippen molar-refractivity contribution in [3.05, 3.63) is 98.6 Å². The number of anilines is 1. The summed E-state index contributed by atoms with van der Waals surface area (Å²) < 4.78 is 12.6. The molecule has 0 saturated heterocycles. The van der Waals surface area contributed by atoms with Crippen molar-refractivity contribution in [1.82, 2.24) is 4.98 Å². The first-order chi connectivity index (χ1) is 17.4. The van der Waals surface area contributed by atoms with Gasteiger partial charge in [0.2, 0.25) is 11.8 Å². The third kappa shape index (κ3) is 5.26. The molecule has 8 heteroatoms. The molecule has 2 heterocycles. The van der Waals surface area contributed by atoms with Gasteiger partial charge in [0.1, 0.15) is 17.0 Å². The fourth-order valence-corrected chi connectivity index (χ4v) is 4.77. The van der Waals surface area contributed by atoms with Crippen LogP contribution in [0, 0.1) is 0 Å². The monoisotopic (exact) mass is 580 g/mol. The molecule has 2 aromatic heterocycles. The molecule has 0 aliphatic carbocycles. The summed E-state index contributed by atoms with van der Waals surface area (Å²) in [5.41, 5.74) is 4.88. The van der Waals surface area contributed by atoms with E-state index in [4.69, 9.17) is 32.0 Å². The highest BCUT2D eigenvalue weighted by atomic mass is 79.9. The van der Waals surface area contributed by atoms with Crippen LogP contribution in [0.25, 0.3) is 40.0 Å². The third-order valence-corrected chi connectivity index (χ3v) is 6.67. The van der Waals surface area contributed by atoms with Gasteiger partial charge in [0.05, 0.1) is 9.50 Å². The number of nitrogens with one attached hydrogen (secondary N) is 1. The predicted octanol–water partition coefficient (Wildman–Crippen LogP) is 9.04. The Morgan fingerprint density at radius 2 is 1.83 bits per heavy atom. The number of aryl methyl sites for hydroxylation is 1. The number of hydrogen-bond donors (Lipinski definition) is 1. The van der Waals surface area contributed by atoms with Crippen molar-refractivity contribution >= 4 is 67.9 Å². The van der Waals surface area contributed by atoms with Crippen LogP contribution in [-0.4, -0.2) is 10.9 Å². The number of carbonyl (C=O) groups is 1. The molecule has 0 atom stereocenters. The molecule has 180 valence electrons. The second-order valence-electron chi connectivity index (χ2n) is 8.02. The largest absolute Gasteiger partial charge is 0.457 e. The highest BCUT2D eigenvalue weighted by molar-refractivity contribution is 9.10. The molecule has 3 aromatic carbocycles. The van der Waals surface area contributed by atoms with Gasteiger partial charge >= 0.3 is 0 Å². The molecule has 0 fully saturated rings. The summed E-state index contributed by atoms with van der Waals surface area (Å²) in [4.78, 5) is 17.0. The number of rotatable bonds is 6. The van der Waals surface area contributed by atoms with Crippen LogP contribution in [0.3, 0.4) is 0 Å². The van der Waals surface area contributed by atoms with Gasteiger partial charge in [-0.2, -0.15) is 0 Å². The summed E-state index contributed by atoms with van der Waals surface area (Å²) in [7, 11) is 0. The van der Waals surface area contributed by atoms with Crippen molar-refractivity contribution in [3.63, 3.8) is 0 Å². The van der Waals surface area contributed by atoms with E-state index in [1.807, 2.05) is 24.3 Å². The Bertz CT molecular complexity index is 1600. The van der Waals surface area contributed by atoms with Crippen LogP contribution in [0.5, 0.6) is 0 Å². The van der Waals surface area contributed by atoms with Gasteiger partial charge in [-0.25, -0.2) is 4.98 Å². The Kier molecular flexibility index (Phi) is 7.01. The van der Waals surface area contributed by atoms with E-state index in [0.717, 1.165) is 27.5 Å². The Hall–Kier alpha value is -3.32. The van der Waals surface area contributed by atoms with E-state index in [0.29, 0.717) is 38.7 Å². The quantitative estimate of drug-likeness (QED) is 0.203. The number of benzene rings is 3. The van der Waals surface area contributed by atoms with E-state index in [2.05, 4.69) is 33.2 Å². The molecule has 0 aliphatic heterocycles. The predicted molar refractivity (Wildman–Crippen MR) is 148 cm³/mol. The lowest BCUT2D eigenvalue weighted by Crippen LogP contribution is -2.07. The lowest BCUT2D eigenvalue weighted by molar-refractivity contribution is -0.111. The topological polar surface area (TPSA) is 68.3 Å². The normalized spacial score (nSPS) is 11.4. The number of amides is 1. The van der Waals surface area contributed by atoms with E-state index in [1.54, 1.807) is 48.5 Å². The lowest BCUT2D eigenvalue weighted by Gasteiger charge is -2.03. The van der Waals surface area contributed by atoms with Crippen LogP contribution in [-0.2, 0) is 11.2 Å². The first kappa shape index (κ1) is 24.4. The van der Waals surface area contributed by atoms with E-state index >= 15 is 0 Å². The Morgan fingerprint density at radius 3 is 2.58 bits per heavy atom. The van der Waals surface area contributed by atoms with E-state index in [-0.39, 0.29) is 5.91 Å². The number of furan rings is 1. The molecule has 5 rings (SSSR count). The zero-order chi connectivity index (χ0) is 25.2. The van der Waals surface area contributed by atoms with Gasteiger partial charge in [-0.05, 0) is 101 Å². The van der Waals surface area contributed by atoms with Crippen molar-refractivity contribution in [2.45, 2.75) is 13.3 Å². The number of carbonyl (C=O) groups excluding carboxylic acids is 1. The Labute approximate surface area is 225 Å². The fourth-order valence-electron chi connectivity index (χ4n) is 3.69. The minimum absolute atomic E-state index is 0.289. The van der Waals surface area contributed by atoms with Crippen LogP contribution in [0.15, 0.2) is 86.1 Å². The van der Waals surface area contributed by atoms with Gasteiger partial charge in [0.15, 0.2) is 5.58 Å². The third-order valence-electron chi connectivity index (χ3n) is 5.53. The minimum Gasteiger partial charge on any atom is -0.457 e. The number of nitrogens with zero attached hydrogens (tertiary/aromatic N) is 1. The number of hydrogen-bond acceptors (Lipinski definition) is 4. The molecule has 0 radical (unpaired) electrons. The van der Waals surface area contributed by atoms with Crippen molar-refractivity contribution in [3.8, 4) is 22.8 Å². The van der Waals surface area contributed by atoms with Crippen LogP contribution in [0.4, 0.5) is 5.69 Å². The summed E-state index contributed by atoms with van der Waals surface area (Å²) in [6.07, 6.45) is 3.92. The molecule has 1 amide bonds. The van der Waals surface area contributed by atoms with Crippen LogP contribution in [0.1, 0.15) is 18.2 Å².